The number of likely N-dealkylation sites (tertiary alicyclic amines) is 1. The molecule has 17 heavy (non-hydrogen) atoms. The fourth-order valence-corrected chi connectivity index (χ4v) is 2.79. The number of hydrogen-bond acceptors (Lipinski definition) is 4. The molecule has 1 aromatic rings. The number of nitrogens with zero attached hydrogens (tertiary/aromatic N) is 2. The smallest absolute Gasteiger partial charge is 0.233 e. The van der Waals surface area contributed by atoms with Crippen molar-refractivity contribution < 1.29 is 9.90 Å². The van der Waals surface area contributed by atoms with Gasteiger partial charge in [-0.05, 0) is 25.0 Å². The third-order valence-corrected chi connectivity index (χ3v) is 3.92. The average molecular weight is 252 g/mol. The van der Waals surface area contributed by atoms with Crippen LogP contribution in [0.1, 0.15) is 12.8 Å². The van der Waals surface area contributed by atoms with Crippen LogP contribution in [0.5, 0.6) is 0 Å². The van der Waals surface area contributed by atoms with Crippen molar-refractivity contribution in [2.45, 2.75) is 23.8 Å². The lowest BCUT2D eigenvalue weighted by molar-refractivity contribution is -0.129. The van der Waals surface area contributed by atoms with Crippen LogP contribution in [-0.2, 0) is 4.79 Å². The van der Waals surface area contributed by atoms with E-state index in [0.717, 1.165) is 24.3 Å². The van der Waals surface area contributed by atoms with Crippen molar-refractivity contribution in [2.75, 3.05) is 18.9 Å². The molecule has 1 fully saturated rings. The van der Waals surface area contributed by atoms with E-state index < -0.39 is 0 Å². The Morgan fingerprint density at radius 1 is 1.53 bits per heavy atom. The zero-order valence-corrected chi connectivity index (χ0v) is 10.4. The van der Waals surface area contributed by atoms with Gasteiger partial charge < -0.3 is 10.0 Å². The highest BCUT2D eigenvalue weighted by atomic mass is 32.2. The van der Waals surface area contributed by atoms with Crippen LogP contribution >= 0.6 is 11.8 Å². The van der Waals surface area contributed by atoms with Gasteiger partial charge in [0.25, 0.3) is 0 Å². The van der Waals surface area contributed by atoms with E-state index in [1.54, 1.807) is 17.3 Å². The minimum absolute atomic E-state index is 0.0283. The summed E-state index contributed by atoms with van der Waals surface area (Å²) in [7, 11) is 0. The number of aliphatic hydroxyl groups excluding tert-OH is 1. The van der Waals surface area contributed by atoms with Crippen LogP contribution in [0.15, 0.2) is 29.4 Å². The molecule has 1 aromatic heterocycles. The Hall–Kier alpha value is -1.07. The van der Waals surface area contributed by atoms with E-state index in [4.69, 9.17) is 5.11 Å². The molecule has 0 radical (unpaired) electrons. The minimum Gasteiger partial charge on any atom is -0.394 e. The monoisotopic (exact) mass is 252 g/mol. The molecule has 5 heteroatoms. The number of rotatable bonds is 4. The highest BCUT2D eigenvalue weighted by Gasteiger charge is 2.27. The summed E-state index contributed by atoms with van der Waals surface area (Å²) < 4.78 is 0. The van der Waals surface area contributed by atoms with Crippen molar-refractivity contribution in [2.24, 2.45) is 0 Å². The maximum Gasteiger partial charge on any atom is 0.233 e. The Kier molecular flexibility index (Phi) is 4.39. The summed E-state index contributed by atoms with van der Waals surface area (Å²) >= 11 is 1.52. The van der Waals surface area contributed by atoms with Crippen molar-refractivity contribution in [3.8, 4) is 0 Å². The average Bonchev–Trinajstić information content (AvgIpc) is 2.85. The van der Waals surface area contributed by atoms with Crippen LogP contribution in [-0.4, -0.2) is 45.8 Å². The molecule has 1 amide bonds. The summed E-state index contributed by atoms with van der Waals surface area (Å²) in [6.07, 6.45) is 5.36. The van der Waals surface area contributed by atoms with Gasteiger partial charge >= 0.3 is 0 Å². The van der Waals surface area contributed by atoms with Crippen LogP contribution in [0.3, 0.4) is 0 Å². The standard InChI is InChI=1S/C12H16N2O2S/c15-8-10-2-1-7-14(10)12(16)9-17-11-3-5-13-6-4-11/h3-6,10,15H,1-2,7-9H2/t10-/m0/s1. The Balaban J connectivity index is 1.85. The zero-order chi connectivity index (χ0) is 12.1. The third kappa shape index (κ3) is 3.20. The predicted molar refractivity (Wildman–Crippen MR) is 66.8 cm³/mol. The third-order valence-electron chi connectivity index (χ3n) is 2.92. The number of aromatic nitrogens is 1. The summed E-state index contributed by atoms with van der Waals surface area (Å²) in [5.74, 6) is 0.545. The molecule has 0 unspecified atom stereocenters. The number of thioether (sulfide) groups is 1. The molecule has 2 heterocycles. The molecule has 1 N–H and O–H groups in total. The van der Waals surface area contributed by atoms with E-state index >= 15 is 0 Å². The summed E-state index contributed by atoms with van der Waals surface area (Å²) in [6, 6.07) is 3.82. The molecule has 1 saturated heterocycles. The van der Waals surface area contributed by atoms with Gasteiger partial charge in [-0.3, -0.25) is 9.78 Å². The molecule has 0 aromatic carbocycles. The lowest BCUT2D eigenvalue weighted by atomic mass is 10.2. The Bertz CT molecular complexity index is 372. The fraction of sp³-hybridized carbons (Fsp3) is 0.500. The van der Waals surface area contributed by atoms with E-state index in [9.17, 15) is 4.79 Å². The quantitative estimate of drug-likeness (QED) is 0.817. The van der Waals surface area contributed by atoms with Gasteiger partial charge in [0.15, 0.2) is 0 Å². The Labute approximate surface area is 105 Å². The summed E-state index contributed by atoms with van der Waals surface area (Å²) in [5.41, 5.74) is 0. The van der Waals surface area contributed by atoms with E-state index in [0.29, 0.717) is 5.75 Å². The number of amides is 1. The molecule has 0 spiro atoms. The normalized spacial score (nSPS) is 19.6. The SMILES string of the molecule is O=C(CSc1ccncc1)N1CCC[C@H]1CO. The maximum atomic E-state index is 12.0. The van der Waals surface area contributed by atoms with Gasteiger partial charge in [0.1, 0.15) is 0 Å². The lowest BCUT2D eigenvalue weighted by Gasteiger charge is -2.22. The highest BCUT2D eigenvalue weighted by molar-refractivity contribution is 8.00. The first-order valence-electron chi connectivity index (χ1n) is 5.74. The van der Waals surface area contributed by atoms with Gasteiger partial charge in [-0.25, -0.2) is 0 Å². The summed E-state index contributed by atoms with van der Waals surface area (Å²) in [4.78, 5) is 18.7. The fourth-order valence-electron chi connectivity index (χ4n) is 2.02. The summed E-state index contributed by atoms with van der Waals surface area (Å²) in [5, 5.41) is 9.16. The van der Waals surface area contributed by atoms with Crippen molar-refractivity contribution in [1.82, 2.24) is 9.88 Å². The van der Waals surface area contributed by atoms with Crippen molar-refractivity contribution in [1.29, 1.82) is 0 Å². The van der Waals surface area contributed by atoms with Gasteiger partial charge in [-0.2, -0.15) is 0 Å². The number of carbonyl (C=O) groups excluding carboxylic acids is 1. The van der Waals surface area contributed by atoms with E-state index in [1.165, 1.54) is 11.8 Å². The van der Waals surface area contributed by atoms with E-state index in [2.05, 4.69) is 4.98 Å². The Morgan fingerprint density at radius 2 is 2.29 bits per heavy atom. The number of hydrogen-bond donors (Lipinski definition) is 1. The van der Waals surface area contributed by atoms with Crippen LogP contribution in [0.2, 0.25) is 0 Å². The van der Waals surface area contributed by atoms with Gasteiger partial charge in [0, 0.05) is 23.8 Å². The first-order chi connectivity index (χ1) is 8.31. The molecule has 92 valence electrons. The molecule has 1 aliphatic rings. The van der Waals surface area contributed by atoms with Crippen LogP contribution in [0.25, 0.3) is 0 Å². The highest BCUT2D eigenvalue weighted by Crippen LogP contribution is 2.21. The first kappa shape index (κ1) is 12.4. The first-order valence-corrected chi connectivity index (χ1v) is 6.73. The van der Waals surface area contributed by atoms with Crippen molar-refractivity contribution >= 4 is 17.7 Å². The summed E-state index contributed by atoms with van der Waals surface area (Å²) in [6.45, 7) is 0.854. The Morgan fingerprint density at radius 3 is 3.00 bits per heavy atom. The molecular weight excluding hydrogens is 236 g/mol. The van der Waals surface area contributed by atoms with Crippen LogP contribution in [0, 0.1) is 0 Å². The van der Waals surface area contributed by atoms with Gasteiger partial charge in [-0.15, -0.1) is 11.8 Å². The number of carbonyl (C=O) groups is 1. The van der Waals surface area contributed by atoms with Crippen LogP contribution < -0.4 is 0 Å². The molecule has 1 aliphatic heterocycles. The van der Waals surface area contributed by atoms with Gasteiger partial charge in [0.05, 0.1) is 18.4 Å². The molecule has 1 atom stereocenters. The van der Waals surface area contributed by atoms with Crippen molar-refractivity contribution in [3.63, 3.8) is 0 Å². The second kappa shape index (κ2) is 6.02. The zero-order valence-electron chi connectivity index (χ0n) is 9.58. The molecule has 0 saturated carbocycles. The molecule has 2 rings (SSSR count). The molecule has 0 aliphatic carbocycles. The number of aliphatic hydroxyl groups is 1. The van der Waals surface area contributed by atoms with Gasteiger partial charge in [-0.1, -0.05) is 0 Å². The minimum atomic E-state index is 0.0283. The van der Waals surface area contributed by atoms with Crippen LogP contribution in [0.4, 0.5) is 0 Å². The lowest BCUT2D eigenvalue weighted by Crippen LogP contribution is -2.38. The molecule has 4 nitrogen and oxygen atoms in total. The van der Waals surface area contributed by atoms with E-state index in [1.807, 2.05) is 12.1 Å². The second-order valence-electron chi connectivity index (χ2n) is 4.04. The second-order valence-corrected chi connectivity index (χ2v) is 5.09. The largest absolute Gasteiger partial charge is 0.394 e. The predicted octanol–water partition coefficient (Wildman–Crippen LogP) is 1.16. The maximum absolute atomic E-state index is 12.0. The van der Waals surface area contributed by atoms with Gasteiger partial charge in [0.2, 0.25) is 5.91 Å². The topological polar surface area (TPSA) is 53.4 Å². The van der Waals surface area contributed by atoms with E-state index in [-0.39, 0.29) is 18.6 Å². The number of pyridine rings is 1. The molecule has 0 bridgehead atoms. The van der Waals surface area contributed by atoms with Crippen molar-refractivity contribution in [3.05, 3.63) is 24.5 Å². The molecular formula is C12H16N2O2S.